The summed E-state index contributed by atoms with van der Waals surface area (Å²) in [6, 6.07) is 4.56. The van der Waals surface area contributed by atoms with Gasteiger partial charge in [-0.2, -0.15) is 0 Å². The second-order valence-electron chi connectivity index (χ2n) is 6.91. The first-order valence-electron chi connectivity index (χ1n) is 9.42. The molecule has 0 radical (unpaired) electrons. The first-order chi connectivity index (χ1) is 14.7. The van der Waals surface area contributed by atoms with E-state index in [0.29, 0.717) is 22.1 Å². The van der Waals surface area contributed by atoms with Crippen molar-refractivity contribution in [1.82, 2.24) is 0 Å². The summed E-state index contributed by atoms with van der Waals surface area (Å²) >= 11 is 1.32. The topological polar surface area (TPSA) is 111 Å². The van der Waals surface area contributed by atoms with Gasteiger partial charge in [0.2, 0.25) is 15.9 Å². The average Bonchev–Trinajstić information content (AvgIpc) is 3.30. The van der Waals surface area contributed by atoms with Crippen LogP contribution in [0, 0.1) is 0 Å². The predicted octanol–water partition coefficient (Wildman–Crippen LogP) is 2.45. The van der Waals surface area contributed by atoms with Crippen LogP contribution in [0.4, 0.5) is 10.7 Å². The number of methoxy groups -OCH3 is 3. The van der Waals surface area contributed by atoms with Gasteiger partial charge < -0.3 is 19.5 Å². The van der Waals surface area contributed by atoms with Gasteiger partial charge in [-0.15, -0.1) is 11.3 Å². The molecule has 1 aromatic carbocycles. The number of amides is 1. The Balaban J connectivity index is 1.88. The van der Waals surface area contributed by atoms with Gasteiger partial charge in [0.1, 0.15) is 11.5 Å². The number of carbonyl (C=O) groups excluding carboxylic acids is 2. The molecule has 1 aliphatic carbocycles. The number of ether oxygens (including phenoxy) is 3. The fourth-order valence-electron chi connectivity index (χ4n) is 3.49. The van der Waals surface area contributed by atoms with E-state index in [2.05, 4.69) is 5.32 Å². The number of nitrogens with zero attached hydrogens (tertiary/aromatic N) is 1. The molecule has 168 valence electrons. The smallest absolute Gasteiger partial charge is 0.341 e. The van der Waals surface area contributed by atoms with Crippen molar-refractivity contribution >= 4 is 43.9 Å². The molecule has 0 spiro atoms. The summed E-state index contributed by atoms with van der Waals surface area (Å²) in [7, 11) is 0.400. The Morgan fingerprint density at radius 3 is 2.45 bits per heavy atom. The molecule has 0 bridgehead atoms. The van der Waals surface area contributed by atoms with Crippen molar-refractivity contribution in [1.29, 1.82) is 0 Å². The monoisotopic (exact) mass is 468 g/mol. The molecule has 0 unspecified atom stereocenters. The van der Waals surface area contributed by atoms with Gasteiger partial charge >= 0.3 is 5.97 Å². The van der Waals surface area contributed by atoms with Crippen molar-refractivity contribution in [2.75, 3.05) is 43.8 Å². The average molecular weight is 469 g/mol. The van der Waals surface area contributed by atoms with Crippen LogP contribution in [0.5, 0.6) is 11.5 Å². The molecule has 1 N–H and O–H groups in total. The molecule has 0 fully saturated rings. The molecule has 9 nitrogen and oxygen atoms in total. The Morgan fingerprint density at radius 1 is 1.13 bits per heavy atom. The highest BCUT2D eigenvalue weighted by atomic mass is 32.2. The zero-order chi connectivity index (χ0) is 22.8. The maximum absolute atomic E-state index is 12.8. The number of hydrogen-bond acceptors (Lipinski definition) is 8. The van der Waals surface area contributed by atoms with Crippen LogP contribution in [0.3, 0.4) is 0 Å². The largest absolute Gasteiger partial charge is 0.493 e. The zero-order valence-corrected chi connectivity index (χ0v) is 19.3. The number of nitrogens with one attached hydrogen (secondary N) is 1. The van der Waals surface area contributed by atoms with Gasteiger partial charge in [0, 0.05) is 10.9 Å². The van der Waals surface area contributed by atoms with E-state index in [1.54, 1.807) is 6.07 Å². The number of fused-ring (bicyclic) bond motifs is 1. The quantitative estimate of drug-likeness (QED) is 0.592. The van der Waals surface area contributed by atoms with Crippen LogP contribution in [0.1, 0.15) is 27.2 Å². The third kappa shape index (κ3) is 4.77. The number of carbonyl (C=O) groups is 2. The number of rotatable bonds is 8. The minimum Gasteiger partial charge on any atom is -0.493 e. The van der Waals surface area contributed by atoms with Gasteiger partial charge in [0.25, 0.3) is 0 Å². The van der Waals surface area contributed by atoms with E-state index in [4.69, 9.17) is 14.2 Å². The predicted molar refractivity (Wildman–Crippen MR) is 118 cm³/mol. The molecule has 1 aliphatic rings. The van der Waals surface area contributed by atoms with Crippen molar-refractivity contribution in [3.05, 3.63) is 34.2 Å². The first-order valence-corrected chi connectivity index (χ1v) is 12.1. The molecule has 1 heterocycles. The van der Waals surface area contributed by atoms with Crippen molar-refractivity contribution in [3.63, 3.8) is 0 Å². The lowest BCUT2D eigenvalue weighted by molar-refractivity contribution is -0.114. The fraction of sp³-hybridized carbons (Fsp3) is 0.400. The molecular formula is C20H24N2O7S2. The van der Waals surface area contributed by atoms with Gasteiger partial charge in [-0.05, 0) is 37.0 Å². The molecule has 3 rings (SSSR count). The van der Waals surface area contributed by atoms with Crippen LogP contribution in [-0.4, -0.2) is 54.4 Å². The maximum atomic E-state index is 12.8. The number of anilines is 2. The number of thiophene rings is 1. The highest BCUT2D eigenvalue weighted by molar-refractivity contribution is 7.92. The lowest BCUT2D eigenvalue weighted by Crippen LogP contribution is -2.37. The van der Waals surface area contributed by atoms with Gasteiger partial charge in [-0.1, -0.05) is 0 Å². The van der Waals surface area contributed by atoms with E-state index in [0.717, 1.165) is 40.3 Å². The minimum absolute atomic E-state index is 0.247. The Labute approximate surface area is 185 Å². The van der Waals surface area contributed by atoms with E-state index in [9.17, 15) is 18.0 Å². The summed E-state index contributed by atoms with van der Waals surface area (Å²) in [6.07, 6.45) is 3.53. The summed E-state index contributed by atoms with van der Waals surface area (Å²) < 4.78 is 41.1. The third-order valence-electron chi connectivity index (χ3n) is 4.91. The van der Waals surface area contributed by atoms with Crippen LogP contribution in [0.25, 0.3) is 0 Å². The lowest BCUT2D eigenvalue weighted by Gasteiger charge is -2.23. The normalized spacial score (nSPS) is 12.8. The van der Waals surface area contributed by atoms with Crippen molar-refractivity contribution in [2.45, 2.75) is 19.3 Å². The summed E-state index contributed by atoms with van der Waals surface area (Å²) in [5.74, 6) is -0.337. The lowest BCUT2D eigenvalue weighted by atomic mass is 10.1. The molecule has 1 aromatic heterocycles. The summed E-state index contributed by atoms with van der Waals surface area (Å²) in [5, 5.41) is 3.07. The van der Waals surface area contributed by atoms with Gasteiger partial charge in [-0.3, -0.25) is 9.10 Å². The van der Waals surface area contributed by atoms with Gasteiger partial charge in [-0.25, -0.2) is 13.2 Å². The Bertz CT molecular complexity index is 1110. The van der Waals surface area contributed by atoms with E-state index >= 15 is 0 Å². The molecule has 0 atom stereocenters. The standard InChI is InChI=1S/C20H24N2O7S2/c1-27-14-9-8-12(10-15(14)28-2)22(31(4,25)26)11-17(23)21-19-18(20(24)29-3)13-6-5-7-16(13)30-19/h8-10H,5-7,11H2,1-4H3,(H,21,23). The highest BCUT2D eigenvalue weighted by Gasteiger charge is 2.29. The van der Waals surface area contributed by atoms with Crippen LogP contribution < -0.4 is 19.1 Å². The summed E-state index contributed by atoms with van der Waals surface area (Å²) in [6.45, 7) is -0.475. The fourth-order valence-corrected chi connectivity index (χ4v) is 5.63. The van der Waals surface area contributed by atoms with Crippen LogP contribution >= 0.6 is 11.3 Å². The van der Waals surface area contributed by atoms with Crippen LogP contribution in [-0.2, 0) is 32.4 Å². The van der Waals surface area contributed by atoms with Gasteiger partial charge in [0.15, 0.2) is 11.5 Å². The van der Waals surface area contributed by atoms with E-state index < -0.39 is 28.4 Å². The molecule has 2 aromatic rings. The molecule has 31 heavy (non-hydrogen) atoms. The van der Waals surface area contributed by atoms with Crippen molar-refractivity contribution < 1.29 is 32.2 Å². The number of aryl methyl sites for hydroxylation is 1. The number of hydrogen-bond donors (Lipinski definition) is 1. The number of sulfonamides is 1. The molecule has 11 heteroatoms. The molecule has 1 amide bonds. The first kappa shape index (κ1) is 22.9. The second kappa shape index (κ2) is 9.15. The molecular weight excluding hydrogens is 444 g/mol. The van der Waals surface area contributed by atoms with Crippen LogP contribution in [0.2, 0.25) is 0 Å². The Kier molecular flexibility index (Phi) is 6.75. The van der Waals surface area contributed by atoms with Crippen LogP contribution in [0.15, 0.2) is 18.2 Å². The molecule has 0 saturated carbocycles. The van der Waals surface area contributed by atoms with Crippen molar-refractivity contribution in [2.24, 2.45) is 0 Å². The highest BCUT2D eigenvalue weighted by Crippen LogP contribution is 2.39. The second-order valence-corrected chi connectivity index (χ2v) is 9.92. The summed E-state index contributed by atoms with van der Waals surface area (Å²) in [4.78, 5) is 26.1. The van der Waals surface area contributed by atoms with Crippen molar-refractivity contribution in [3.8, 4) is 11.5 Å². The minimum atomic E-state index is -3.79. The SMILES string of the molecule is COC(=O)c1c(NC(=O)CN(c2ccc(OC)c(OC)c2)S(C)(=O)=O)sc2c1CCC2. The van der Waals surface area contributed by atoms with E-state index in [1.165, 1.54) is 44.8 Å². The summed E-state index contributed by atoms with van der Waals surface area (Å²) in [5.41, 5.74) is 1.49. The zero-order valence-electron chi connectivity index (χ0n) is 17.7. The van der Waals surface area contributed by atoms with E-state index in [-0.39, 0.29) is 5.69 Å². The molecule has 0 saturated heterocycles. The molecule has 0 aliphatic heterocycles. The maximum Gasteiger partial charge on any atom is 0.341 e. The third-order valence-corrected chi connectivity index (χ3v) is 7.25. The number of esters is 1. The Hall–Kier alpha value is -2.79. The Morgan fingerprint density at radius 2 is 1.84 bits per heavy atom. The number of benzene rings is 1. The van der Waals surface area contributed by atoms with Gasteiger partial charge in [0.05, 0.1) is 38.8 Å². The van der Waals surface area contributed by atoms with E-state index in [1.807, 2.05) is 0 Å².